The largest absolute Gasteiger partial charge is 0.346 e. The Morgan fingerprint density at radius 1 is 1.53 bits per heavy atom. The summed E-state index contributed by atoms with van der Waals surface area (Å²) in [6, 6.07) is 4.47. The topological polar surface area (TPSA) is 74.8 Å². The van der Waals surface area contributed by atoms with Gasteiger partial charge in [0, 0.05) is 17.1 Å². The van der Waals surface area contributed by atoms with E-state index in [2.05, 4.69) is 15.3 Å². The van der Waals surface area contributed by atoms with E-state index in [4.69, 9.17) is 0 Å². The van der Waals surface area contributed by atoms with Crippen molar-refractivity contribution in [3.8, 4) is 0 Å². The molecule has 6 heteroatoms. The van der Waals surface area contributed by atoms with Crippen LogP contribution in [0, 0.1) is 6.92 Å². The molecule has 2 aromatic rings. The second-order valence-corrected chi connectivity index (χ2v) is 4.78. The SMILES string of the molecule is Cc1ncc(CNC(=O)c2cccc(=O)[nH]2)s1. The number of thiazole rings is 1. The van der Waals surface area contributed by atoms with E-state index >= 15 is 0 Å². The van der Waals surface area contributed by atoms with E-state index in [0.717, 1.165) is 9.88 Å². The fraction of sp³-hybridized carbons (Fsp3) is 0.182. The van der Waals surface area contributed by atoms with Gasteiger partial charge in [-0.1, -0.05) is 6.07 Å². The fourth-order valence-electron chi connectivity index (χ4n) is 1.33. The van der Waals surface area contributed by atoms with Crippen molar-refractivity contribution >= 4 is 17.2 Å². The summed E-state index contributed by atoms with van der Waals surface area (Å²) in [5, 5.41) is 3.68. The van der Waals surface area contributed by atoms with Crippen molar-refractivity contribution in [1.82, 2.24) is 15.3 Å². The van der Waals surface area contributed by atoms with Gasteiger partial charge in [0.1, 0.15) is 5.69 Å². The fourth-order valence-corrected chi connectivity index (χ4v) is 2.06. The molecule has 17 heavy (non-hydrogen) atoms. The van der Waals surface area contributed by atoms with Gasteiger partial charge in [0.15, 0.2) is 0 Å². The van der Waals surface area contributed by atoms with Crippen LogP contribution in [-0.2, 0) is 6.54 Å². The normalized spacial score (nSPS) is 10.2. The van der Waals surface area contributed by atoms with Crippen LogP contribution in [0.15, 0.2) is 29.2 Å². The minimum atomic E-state index is -0.297. The van der Waals surface area contributed by atoms with E-state index in [0.29, 0.717) is 6.54 Å². The van der Waals surface area contributed by atoms with E-state index < -0.39 is 0 Å². The van der Waals surface area contributed by atoms with Crippen LogP contribution in [0.2, 0.25) is 0 Å². The molecule has 2 N–H and O–H groups in total. The summed E-state index contributed by atoms with van der Waals surface area (Å²) in [5.74, 6) is -0.297. The first kappa shape index (κ1) is 11.5. The zero-order chi connectivity index (χ0) is 12.3. The zero-order valence-corrected chi connectivity index (χ0v) is 10.0. The van der Waals surface area contributed by atoms with Gasteiger partial charge in [0.2, 0.25) is 5.56 Å². The van der Waals surface area contributed by atoms with Crippen molar-refractivity contribution in [3.05, 3.63) is 50.3 Å². The average Bonchev–Trinajstić information content (AvgIpc) is 2.72. The maximum absolute atomic E-state index is 11.7. The predicted molar refractivity (Wildman–Crippen MR) is 65.1 cm³/mol. The van der Waals surface area contributed by atoms with Gasteiger partial charge in [0.05, 0.1) is 11.6 Å². The molecule has 2 aromatic heterocycles. The molecule has 2 rings (SSSR count). The van der Waals surface area contributed by atoms with Crippen molar-refractivity contribution in [2.75, 3.05) is 0 Å². The number of carbonyl (C=O) groups excluding carboxylic acids is 1. The van der Waals surface area contributed by atoms with E-state index in [-0.39, 0.29) is 17.2 Å². The van der Waals surface area contributed by atoms with Gasteiger partial charge >= 0.3 is 0 Å². The average molecular weight is 249 g/mol. The maximum Gasteiger partial charge on any atom is 0.268 e. The van der Waals surface area contributed by atoms with Gasteiger partial charge in [-0.2, -0.15) is 0 Å². The van der Waals surface area contributed by atoms with Crippen LogP contribution in [0.1, 0.15) is 20.4 Å². The summed E-state index contributed by atoms with van der Waals surface area (Å²) in [6.45, 7) is 2.33. The molecule has 2 heterocycles. The van der Waals surface area contributed by atoms with Crippen LogP contribution >= 0.6 is 11.3 Å². The predicted octanol–water partition coefficient (Wildman–Crippen LogP) is 1.07. The molecule has 0 fully saturated rings. The lowest BCUT2D eigenvalue weighted by molar-refractivity contribution is 0.0946. The third-order valence-electron chi connectivity index (χ3n) is 2.11. The molecule has 0 aromatic carbocycles. The Morgan fingerprint density at radius 3 is 3.00 bits per heavy atom. The number of aryl methyl sites for hydroxylation is 1. The van der Waals surface area contributed by atoms with Gasteiger partial charge in [-0.25, -0.2) is 4.98 Å². The van der Waals surface area contributed by atoms with Crippen LogP contribution in [0.25, 0.3) is 0 Å². The first-order chi connectivity index (χ1) is 8.15. The summed E-state index contributed by atoms with van der Waals surface area (Å²) < 4.78 is 0. The second kappa shape index (κ2) is 4.92. The highest BCUT2D eigenvalue weighted by Crippen LogP contribution is 2.10. The molecule has 0 unspecified atom stereocenters. The van der Waals surface area contributed by atoms with Crippen LogP contribution in [0.5, 0.6) is 0 Å². The van der Waals surface area contributed by atoms with Gasteiger partial charge in [-0.3, -0.25) is 9.59 Å². The third kappa shape index (κ3) is 3.01. The molecule has 0 aliphatic rings. The molecule has 88 valence electrons. The number of aromatic nitrogens is 2. The Kier molecular flexibility index (Phi) is 3.34. The zero-order valence-electron chi connectivity index (χ0n) is 9.19. The molecule has 0 spiro atoms. The van der Waals surface area contributed by atoms with E-state index in [9.17, 15) is 9.59 Å². The van der Waals surface area contributed by atoms with Crippen LogP contribution in [0.3, 0.4) is 0 Å². The van der Waals surface area contributed by atoms with Gasteiger partial charge in [-0.15, -0.1) is 11.3 Å². The third-order valence-corrected chi connectivity index (χ3v) is 3.02. The van der Waals surface area contributed by atoms with Gasteiger partial charge in [0.25, 0.3) is 5.91 Å². The highest BCUT2D eigenvalue weighted by Gasteiger charge is 2.06. The molecule has 0 radical (unpaired) electrons. The standard InChI is InChI=1S/C11H11N3O2S/c1-7-12-5-8(17-7)6-13-11(16)9-3-2-4-10(15)14-9/h2-5H,6H2,1H3,(H,13,16)(H,14,15). The number of hydrogen-bond acceptors (Lipinski definition) is 4. The van der Waals surface area contributed by atoms with Crippen LogP contribution in [-0.4, -0.2) is 15.9 Å². The molecular weight excluding hydrogens is 238 g/mol. The van der Waals surface area contributed by atoms with Gasteiger partial charge in [-0.05, 0) is 13.0 Å². The molecule has 0 atom stereocenters. The number of nitrogens with one attached hydrogen (secondary N) is 2. The Bertz CT molecular complexity index is 588. The summed E-state index contributed by atoms with van der Waals surface area (Å²) in [4.78, 5) is 30.2. The molecule has 0 aliphatic carbocycles. The molecule has 0 saturated carbocycles. The Labute approximate surface area is 102 Å². The molecule has 5 nitrogen and oxygen atoms in total. The lowest BCUT2D eigenvalue weighted by Crippen LogP contribution is -2.25. The minimum Gasteiger partial charge on any atom is -0.346 e. The maximum atomic E-state index is 11.7. The molecule has 1 amide bonds. The Morgan fingerprint density at radius 2 is 2.35 bits per heavy atom. The summed E-state index contributed by atoms with van der Waals surface area (Å²) in [5.41, 5.74) is -0.0231. The number of H-pyrrole nitrogens is 1. The summed E-state index contributed by atoms with van der Waals surface area (Å²) >= 11 is 1.53. The second-order valence-electron chi connectivity index (χ2n) is 3.46. The van der Waals surface area contributed by atoms with Crippen LogP contribution < -0.4 is 10.9 Å². The molecular formula is C11H11N3O2S. The van der Waals surface area contributed by atoms with Gasteiger partial charge < -0.3 is 10.3 Å². The Hall–Kier alpha value is -1.95. The van der Waals surface area contributed by atoms with Crippen molar-refractivity contribution in [1.29, 1.82) is 0 Å². The highest BCUT2D eigenvalue weighted by molar-refractivity contribution is 7.11. The first-order valence-electron chi connectivity index (χ1n) is 5.04. The number of carbonyl (C=O) groups is 1. The van der Waals surface area contributed by atoms with E-state index in [1.54, 1.807) is 18.3 Å². The number of pyridine rings is 1. The lowest BCUT2D eigenvalue weighted by atomic mass is 10.3. The smallest absolute Gasteiger partial charge is 0.268 e. The van der Waals surface area contributed by atoms with Crippen molar-refractivity contribution in [2.45, 2.75) is 13.5 Å². The van der Waals surface area contributed by atoms with Crippen molar-refractivity contribution in [3.63, 3.8) is 0 Å². The highest BCUT2D eigenvalue weighted by atomic mass is 32.1. The molecule has 0 bridgehead atoms. The number of rotatable bonds is 3. The minimum absolute atomic E-state index is 0.263. The number of amides is 1. The van der Waals surface area contributed by atoms with E-state index in [1.165, 1.54) is 17.4 Å². The van der Waals surface area contributed by atoms with E-state index in [1.807, 2.05) is 6.92 Å². The molecule has 0 aliphatic heterocycles. The summed E-state index contributed by atoms with van der Waals surface area (Å²) in [6.07, 6.45) is 1.73. The molecule has 0 saturated heterocycles. The monoisotopic (exact) mass is 249 g/mol. The number of nitrogens with zero attached hydrogens (tertiary/aromatic N) is 1. The van der Waals surface area contributed by atoms with Crippen molar-refractivity contribution < 1.29 is 4.79 Å². The van der Waals surface area contributed by atoms with Crippen molar-refractivity contribution in [2.24, 2.45) is 0 Å². The quantitative estimate of drug-likeness (QED) is 0.854. The van der Waals surface area contributed by atoms with Crippen LogP contribution in [0.4, 0.5) is 0 Å². The summed E-state index contributed by atoms with van der Waals surface area (Å²) in [7, 11) is 0. The number of hydrogen-bond donors (Lipinski definition) is 2. The number of aromatic amines is 1. The Balaban J connectivity index is 2.00. The lowest BCUT2D eigenvalue weighted by Gasteiger charge is -2.02. The first-order valence-corrected chi connectivity index (χ1v) is 5.85.